The smallest absolute Gasteiger partial charge is 0.317 e. The average molecular weight is 345 g/mol. The molecule has 2 heterocycles. The van der Waals surface area contributed by atoms with E-state index < -0.39 is 11.8 Å². The van der Waals surface area contributed by atoms with Crippen LogP contribution in [0.4, 0.5) is 4.39 Å². The number of piperidine rings is 1. The zero-order valence-corrected chi connectivity index (χ0v) is 14.0. The fraction of sp³-hybridized carbons (Fsp3) is 0.389. The molecule has 0 amide bonds. The Labute approximate surface area is 145 Å². The molecule has 2 aromatic rings. The third-order valence-electron chi connectivity index (χ3n) is 4.15. The van der Waals surface area contributed by atoms with E-state index in [4.69, 9.17) is 9.84 Å². The number of likely N-dealkylation sites (tertiary alicyclic amines) is 1. The summed E-state index contributed by atoms with van der Waals surface area (Å²) in [7, 11) is 0. The van der Waals surface area contributed by atoms with Crippen molar-refractivity contribution in [2.45, 2.75) is 32.2 Å². The van der Waals surface area contributed by atoms with Crippen molar-refractivity contribution in [3.8, 4) is 11.6 Å². The van der Waals surface area contributed by atoms with Gasteiger partial charge in [0.05, 0.1) is 12.6 Å². The molecule has 7 heteroatoms. The fourth-order valence-electron chi connectivity index (χ4n) is 3.05. The molecule has 1 aliphatic heterocycles. The Hall–Kier alpha value is -2.54. The van der Waals surface area contributed by atoms with Crippen LogP contribution in [-0.2, 0) is 4.79 Å². The quantitative estimate of drug-likeness (QED) is 0.896. The summed E-state index contributed by atoms with van der Waals surface area (Å²) in [5.41, 5.74) is 0.692. The van der Waals surface area contributed by atoms with E-state index in [1.54, 1.807) is 18.2 Å². The molecule has 1 fully saturated rings. The van der Waals surface area contributed by atoms with Crippen molar-refractivity contribution in [3.63, 3.8) is 0 Å². The van der Waals surface area contributed by atoms with Gasteiger partial charge in [-0.1, -0.05) is 18.6 Å². The first-order valence-electron chi connectivity index (χ1n) is 8.27. The van der Waals surface area contributed by atoms with Gasteiger partial charge in [0.2, 0.25) is 5.88 Å². The molecule has 3 rings (SSSR count). The number of rotatable bonds is 5. The van der Waals surface area contributed by atoms with Crippen LogP contribution in [-0.4, -0.2) is 39.0 Å². The molecule has 0 saturated carbocycles. The average Bonchev–Trinajstić information content (AvgIpc) is 2.56. The standard InChI is InChI=1S/C18H20FN3O3/c1-12-10-16(25-15-8-3-2-6-13(15)19)21-18(20-12)14-7-4-5-9-22(14)11-17(23)24/h2-3,6,8,10,14H,4-5,7,9,11H2,1H3,(H,23,24)/t14-/m0/s1. The van der Waals surface area contributed by atoms with Crippen LogP contribution in [0.1, 0.15) is 36.8 Å². The monoisotopic (exact) mass is 345 g/mol. The minimum atomic E-state index is -0.873. The van der Waals surface area contributed by atoms with Crippen LogP contribution in [0.5, 0.6) is 11.6 Å². The van der Waals surface area contributed by atoms with Crippen molar-refractivity contribution in [3.05, 3.63) is 47.7 Å². The summed E-state index contributed by atoms with van der Waals surface area (Å²) in [4.78, 5) is 21.9. The van der Waals surface area contributed by atoms with Crippen molar-refractivity contribution >= 4 is 5.97 Å². The first kappa shape index (κ1) is 17.3. The van der Waals surface area contributed by atoms with E-state index in [9.17, 15) is 9.18 Å². The summed E-state index contributed by atoms with van der Waals surface area (Å²) in [6, 6.07) is 7.59. The van der Waals surface area contributed by atoms with Crippen LogP contribution in [0.25, 0.3) is 0 Å². The highest BCUT2D eigenvalue weighted by Gasteiger charge is 2.28. The van der Waals surface area contributed by atoms with Crippen molar-refractivity contribution in [1.82, 2.24) is 14.9 Å². The number of aliphatic carboxylic acids is 1. The zero-order valence-electron chi connectivity index (χ0n) is 14.0. The molecule has 1 atom stereocenters. The van der Waals surface area contributed by atoms with E-state index in [1.165, 1.54) is 12.1 Å². The lowest BCUT2D eigenvalue weighted by Gasteiger charge is -2.33. The molecule has 0 radical (unpaired) electrons. The van der Waals surface area contributed by atoms with Gasteiger partial charge in [-0.05, 0) is 38.4 Å². The predicted octanol–water partition coefficient (Wildman–Crippen LogP) is 3.33. The van der Waals surface area contributed by atoms with Gasteiger partial charge in [0, 0.05) is 11.8 Å². The van der Waals surface area contributed by atoms with E-state index in [0.29, 0.717) is 18.1 Å². The zero-order chi connectivity index (χ0) is 17.8. The Bertz CT molecular complexity index is 769. The highest BCUT2D eigenvalue weighted by Crippen LogP contribution is 2.31. The summed E-state index contributed by atoms with van der Waals surface area (Å²) in [6.45, 7) is 2.45. The van der Waals surface area contributed by atoms with Gasteiger partial charge >= 0.3 is 5.97 Å². The van der Waals surface area contributed by atoms with Crippen molar-refractivity contribution < 1.29 is 19.0 Å². The molecule has 6 nitrogen and oxygen atoms in total. The van der Waals surface area contributed by atoms with Crippen molar-refractivity contribution in [2.75, 3.05) is 13.1 Å². The second kappa shape index (κ2) is 7.57. The molecule has 1 saturated heterocycles. The lowest BCUT2D eigenvalue weighted by atomic mass is 10.0. The number of aromatic nitrogens is 2. The first-order valence-corrected chi connectivity index (χ1v) is 8.27. The number of carboxylic acids is 1. The van der Waals surface area contributed by atoms with E-state index in [2.05, 4.69) is 9.97 Å². The van der Waals surface area contributed by atoms with Gasteiger partial charge < -0.3 is 9.84 Å². The van der Waals surface area contributed by atoms with Crippen molar-refractivity contribution in [1.29, 1.82) is 0 Å². The SMILES string of the molecule is Cc1cc(Oc2ccccc2F)nc([C@@H]2CCCCN2CC(=O)O)n1. The topological polar surface area (TPSA) is 75.5 Å². The number of benzene rings is 1. The molecule has 1 N–H and O–H groups in total. The second-order valence-corrected chi connectivity index (χ2v) is 6.11. The molecule has 1 aromatic heterocycles. The number of ether oxygens (including phenoxy) is 1. The summed E-state index contributed by atoms with van der Waals surface area (Å²) in [6.07, 6.45) is 2.73. The van der Waals surface area contributed by atoms with Gasteiger partial charge in [0.25, 0.3) is 0 Å². The number of aryl methyl sites for hydroxylation is 1. The van der Waals surface area contributed by atoms with E-state index in [1.807, 2.05) is 11.8 Å². The van der Waals surface area contributed by atoms with Gasteiger partial charge in [-0.15, -0.1) is 0 Å². The molecule has 0 bridgehead atoms. The largest absolute Gasteiger partial charge is 0.480 e. The Balaban J connectivity index is 1.87. The Morgan fingerprint density at radius 2 is 2.16 bits per heavy atom. The summed E-state index contributed by atoms with van der Waals surface area (Å²) in [5.74, 6) is -0.466. The highest BCUT2D eigenvalue weighted by atomic mass is 19.1. The maximum Gasteiger partial charge on any atom is 0.317 e. The van der Waals surface area contributed by atoms with E-state index in [-0.39, 0.29) is 24.2 Å². The molecular weight excluding hydrogens is 325 g/mol. The fourth-order valence-corrected chi connectivity index (χ4v) is 3.05. The normalized spacial score (nSPS) is 18.1. The van der Waals surface area contributed by atoms with Crippen molar-refractivity contribution in [2.24, 2.45) is 0 Å². The Morgan fingerprint density at radius 1 is 1.36 bits per heavy atom. The molecule has 0 spiro atoms. The van der Waals surface area contributed by atoms with Crippen LogP contribution in [0.15, 0.2) is 30.3 Å². The minimum Gasteiger partial charge on any atom is -0.480 e. The third-order valence-corrected chi connectivity index (χ3v) is 4.15. The summed E-state index contributed by atoms with van der Waals surface area (Å²) < 4.78 is 19.4. The van der Waals surface area contributed by atoms with Crippen LogP contribution in [0.3, 0.4) is 0 Å². The van der Waals surface area contributed by atoms with Crippen LogP contribution in [0.2, 0.25) is 0 Å². The second-order valence-electron chi connectivity index (χ2n) is 6.11. The van der Waals surface area contributed by atoms with Gasteiger partial charge in [-0.3, -0.25) is 9.69 Å². The molecule has 25 heavy (non-hydrogen) atoms. The number of hydrogen-bond donors (Lipinski definition) is 1. The molecule has 1 aliphatic rings. The van der Waals surface area contributed by atoms with E-state index >= 15 is 0 Å². The van der Waals surface area contributed by atoms with Crippen LogP contribution >= 0.6 is 0 Å². The molecular formula is C18H20FN3O3. The maximum atomic E-state index is 13.8. The molecule has 132 valence electrons. The third kappa shape index (κ3) is 4.30. The summed E-state index contributed by atoms with van der Waals surface area (Å²) >= 11 is 0. The lowest BCUT2D eigenvalue weighted by Crippen LogP contribution is -2.38. The molecule has 0 unspecified atom stereocenters. The molecule has 0 aliphatic carbocycles. The molecule has 1 aromatic carbocycles. The maximum absolute atomic E-state index is 13.8. The Morgan fingerprint density at radius 3 is 2.92 bits per heavy atom. The predicted molar refractivity (Wildman–Crippen MR) is 89.0 cm³/mol. The highest BCUT2D eigenvalue weighted by molar-refractivity contribution is 5.69. The number of nitrogens with zero attached hydrogens (tertiary/aromatic N) is 3. The number of para-hydroxylation sites is 1. The van der Waals surface area contributed by atoms with Gasteiger partial charge in [-0.2, -0.15) is 4.98 Å². The van der Waals surface area contributed by atoms with Crippen LogP contribution in [0, 0.1) is 12.7 Å². The first-order chi connectivity index (χ1) is 12.0. The number of carboxylic acid groups (broad SMARTS) is 1. The minimum absolute atomic E-state index is 0.0501. The number of hydrogen-bond acceptors (Lipinski definition) is 5. The lowest BCUT2D eigenvalue weighted by molar-refractivity contribution is -0.139. The summed E-state index contributed by atoms with van der Waals surface area (Å²) in [5, 5.41) is 9.12. The number of halogens is 1. The Kier molecular flexibility index (Phi) is 5.23. The van der Waals surface area contributed by atoms with E-state index in [0.717, 1.165) is 19.3 Å². The van der Waals surface area contributed by atoms with Gasteiger partial charge in [0.1, 0.15) is 5.82 Å². The number of carbonyl (C=O) groups is 1. The van der Waals surface area contributed by atoms with Gasteiger partial charge in [0.15, 0.2) is 11.6 Å². The van der Waals surface area contributed by atoms with Crippen LogP contribution < -0.4 is 4.74 Å². The van der Waals surface area contributed by atoms with Gasteiger partial charge in [-0.25, -0.2) is 9.37 Å².